The molecule has 1 aliphatic heterocycles. The second-order valence-corrected chi connectivity index (χ2v) is 9.42. The SMILES string of the molecule is CC(=O)O[C@]1(C)CC[C@H]2C[C@@H]1OO[C@]2(C)CS(=O)(=O)c1ccccc1. The molecule has 1 heterocycles. The summed E-state index contributed by atoms with van der Waals surface area (Å²) in [5, 5.41) is 0. The molecule has 25 heavy (non-hydrogen) atoms. The van der Waals surface area contributed by atoms with E-state index < -0.39 is 21.0 Å². The molecule has 1 aromatic carbocycles. The molecule has 1 saturated carbocycles. The second-order valence-electron chi connectivity index (χ2n) is 7.43. The summed E-state index contributed by atoms with van der Waals surface area (Å²) in [4.78, 5) is 22.7. The maximum absolute atomic E-state index is 12.7. The molecule has 7 heteroatoms. The van der Waals surface area contributed by atoms with Gasteiger partial charge >= 0.3 is 5.97 Å². The Bertz CT molecular complexity index is 746. The van der Waals surface area contributed by atoms with Crippen molar-refractivity contribution in [1.82, 2.24) is 0 Å². The van der Waals surface area contributed by atoms with Crippen LogP contribution in [0.15, 0.2) is 35.2 Å². The van der Waals surface area contributed by atoms with E-state index in [4.69, 9.17) is 14.5 Å². The molecule has 0 spiro atoms. The Balaban J connectivity index is 1.77. The highest BCUT2D eigenvalue weighted by atomic mass is 32.2. The lowest BCUT2D eigenvalue weighted by molar-refractivity contribution is -0.441. The first-order valence-electron chi connectivity index (χ1n) is 8.46. The van der Waals surface area contributed by atoms with Gasteiger partial charge in [-0.3, -0.25) is 4.79 Å². The van der Waals surface area contributed by atoms with E-state index in [9.17, 15) is 13.2 Å². The van der Waals surface area contributed by atoms with Crippen molar-refractivity contribution in [3.05, 3.63) is 30.3 Å². The van der Waals surface area contributed by atoms with Crippen LogP contribution in [0.3, 0.4) is 0 Å². The van der Waals surface area contributed by atoms with Crippen molar-refractivity contribution in [3.63, 3.8) is 0 Å². The number of carbonyl (C=O) groups excluding carboxylic acids is 1. The van der Waals surface area contributed by atoms with Crippen LogP contribution in [0.25, 0.3) is 0 Å². The summed E-state index contributed by atoms with van der Waals surface area (Å²) in [5.41, 5.74) is -1.66. The van der Waals surface area contributed by atoms with E-state index in [1.54, 1.807) is 37.3 Å². The number of hydrogen-bond acceptors (Lipinski definition) is 6. The van der Waals surface area contributed by atoms with Crippen molar-refractivity contribution in [2.45, 2.75) is 62.2 Å². The van der Waals surface area contributed by atoms with Crippen LogP contribution >= 0.6 is 0 Å². The average Bonchev–Trinajstić information content (AvgIpc) is 2.53. The Morgan fingerprint density at radius 2 is 1.96 bits per heavy atom. The molecule has 0 radical (unpaired) electrons. The summed E-state index contributed by atoms with van der Waals surface area (Å²) < 4.78 is 30.9. The van der Waals surface area contributed by atoms with Crippen molar-refractivity contribution < 1.29 is 27.7 Å². The molecule has 0 aromatic heterocycles. The van der Waals surface area contributed by atoms with E-state index in [0.29, 0.717) is 19.3 Å². The van der Waals surface area contributed by atoms with Gasteiger partial charge in [-0.1, -0.05) is 18.2 Å². The molecule has 0 amide bonds. The van der Waals surface area contributed by atoms with Gasteiger partial charge in [0.2, 0.25) is 0 Å². The van der Waals surface area contributed by atoms with Gasteiger partial charge in [-0.25, -0.2) is 18.2 Å². The van der Waals surface area contributed by atoms with Crippen LogP contribution in [-0.4, -0.2) is 37.4 Å². The predicted octanol–water partition coefficient (Wildman–Crippen LogP) is 2.67. The fraction of sp³-hybridized carbons (Fsp3) is 0.611. The Hall–Kier alpha value is -1.44. The molecule has 2 bridgehead atoms. The molecule has 4 atom stereocenters. The zero-order chi connectivity index (χ0) is 18.3. The summed E-state index contributed by atoms with van der Waals surface area (Å²) in [5.74, 6) is -0.482. The summed E-state index contributed by atoms with van der Waals surface area (Å²) in [6.45, 7) is 4.99. The van der Waals surface area contributed by atoms with Gasteiger partial charge in [0.15, 0.2) is 9.84 Å². The highest BCUT2D eigenvalue weighted by Crippen LogP contribution is 2.47. The van der Waals surface area contributed by atoms with Crippen LogP contribution in [0.2, 0.25) is 0 Å². The Labute approximate surface area is 148 Å². The van der Waals surface area contributed by atoms with Gasteiger partial charge in [-0.2, -0.15) is 0 Å². The van der Waals surface area contributed by atoms with E-state index >= 15 is 0 Å². The summed E-state index contributed by atoms with van der Waals surface area (Å²) in [7, 11) is -3.49. The van der Waals surface area contributed by atoms with E-state index in [1.165, 1.54) is 6.92 Å². The summed E-state index contributed by atoms with van der Waals surface area (Å²) in [6, 6.07) is 8.36. The number of fused-ring (bicyclic) bond motifs is 2. The van der Waals surface area contributed by atoms with Gasteiger partial charge in [-0.15, -0.1) is 0 Å². The zero-order valence-corrected chi connectivity index (χ0v) is 15.5. The zero-order valence-electron chi connectivity index (χ0n) is 14.7. The van der Waals surface area contributed by atoms with E-state index in [2.05, 4.69) is 0 Å². The fourth-order valence-electron chi connectivity index (χ4n) is 3.85. The normalized spacial score (nSPS) is 35.2. The first-order chi connectivity index (χ1) is 11.6. The quantitative estimate of drug-likeness (QED) is 0.600. The van der Waals surface area contributed by atoms with Crippen LogP contribution in [0.1, 0.15) is 40.0 Å². The minimum absolute atomic E-state index is 0.0216. The molecule has 1 saturated heterocycles. The summed E-state index contributed by atoms with van der Waals surface area (Å²) >= 11 is 0. The molecule has 138 valence electrons. The lowest BCUT2D eigenvalue weighted by Crippen LogP contribution is -2.59. The third-order valence-electron chi connectivity index (χ3n) is 5.34. The van der Waals surface area contributed by atoms with Crippen LogP contribution in [0.4, 0.5) is 0 Å². The number of hydrogen-bond donors (Lipinski definition) is 0. The highest BCUT2D eigenvalue weighted by Gasteiger charge is 2.55. The number of carbonyl (C=O) groups is 1. The summed E-state index contributed by atoms with van der Waals surface area (Å²) in [6.07, 6.45) is 1.55. The maximum atomic E-state index is 12.7. The number of esters is 1. The van der Waals surface area contributed by atoms with E-state index in [0.717, 1.165) is 0 Å². The van der Waals surface area contributed by atoms with Crippen molar-refractivity contribution >= 4 is 15.8 Å². The Kier molecular flexibility index (Phi) is 4.68. The average molecular weight is 368 g/mol. The number of sulfone groups is 1. The van der Waals surface area contributed by atoms with Crippen molar-refractivity contribution in [2.75, 3.05) is 5.75 Å². The Morgan fingerprint density at radius 3 is 2.60 bits per heavy atom. The largest absolute Gasteiger partial charge is 0.457 e. The number of ether oxygens (including phenoxy) is 1. The van der Waals surface area contributed by atoms with Crippen LogP contribution in [0.5, 0.6) is 0 Å². The molecule has 0 N–H and O–H groups in total. The molecule has 2 aliphatic rings. The van der Waals surface area contributed by atoms with Gasteiger partial charge in [0.25, 0.3) is 0 Å². The lowest BCUT2D eigenvalue weighted by atomic mass is 9.71. The van der Waals surface area contributed by atoms with Crippen molar-refractivity contribution in [3.8, 4) is 0 Å². The van der Waals surface area contributed by atoms with Gasteiger partial charge in [0.05, 0.1) is 10.6 Å². The second kappa shape index (κ2) is 6.37. The van der Waals surface area contributed by atoms with Crippen molar-refractivity contribution in [1.29, 1.82) is 0 Å². The van der Waals surface area contributed by atoms with Crippen LogP contribution in [-0.2, 0) is 29.1 Å². The number of benzene rings is 1. The van der Waals surface area contributed by atoms with Gasteiger partial charge in [0, 0.05) is 6.92 Å². The molecular weight excluding hydrogens is 344 g/mol. The third kappa shape index (κ3) is 3.59. The molecule has 1 aromatic rings. The smallest absolute Gasteiger partial charge is 0.303 e. The van der Waals surface area contributed by atoms with E-state index in [-0.39, 0.29) is 28.6 Å². The topological polar surface area (TPSA) is 78.9 Å². The molecule has 1 aliphatic carbocycles. The lowest BCUT2D eigenvalue weighted by Gasteiger charge is -2.51. The van der Waals surface area contributed by atoms with Gasteiger partial charge < -0.3 is 4.74 Å². The Morgan fingerprint density at radius 1 is 1.28 bits per heavy atom. The molecular formula is C18H24O6S. The standard InChI is InChI=1S/C18H24O6S/c1-13(19)22-17(2)10-9-14-11-16(17)23-24-18(14,3)12-25(20,21)15-7-5-4-6-8-15/h4-8,14,16H,9-12H2,1-3H3/t14-,16-,17+,18+/m0/s1. The van der Waals surface area contributed by atoms with Gasteiger partial charge in [-0.05, 0) is 51.2 Å². The van der Waals surface area contributed by atoms with Crippen LogP contribution < -0.4 is 0 Å². The fourth-order valence-corrected chi connectivity index (χ4v) is 5.63. The van der Waals surface area contributed by atoms with Crippen LogP contribution in [0, 0.1) is 5.92 Å². The first kappa shape index (κ1) is 18.4. The number of rotatable bonds is 4. The molecule has 6 nitrogen and oxygen atoms in total. The molecule has 0 unspecified atom stereocenters. The monoisotopic (exact) mass is 368 g/mol. The highest BCUT2D eigenvalue weighted by molar-refractivity contribution is 7.91. The predicted molar refractivity (Wildman–Crippen MR) is 90.4 cm³/mol. The third-order valence-corrected chi connectivity index (χ3v) is 7.29. The molecule has 2 fully saturated rings. The molecule has 3 rings (SSSR count). The first-order valence-corrected chi connectivity index (χ1v) is 10.1. The maximum Gasteiger partial charge on any atom is 0.303 e. The van der Waals surface area contributed by atoms with Gasteiger partial charge in [0.1, 0.15) is 17.3 Å². The minimum atomic E-state index is -3.49. The van der Waals surface area contributed by atoms with E-state index in [1.807, 2.05) is 6.92 Å². The van der Waals surface area contributed by atoms with Crippen molar-refractivity contribution in [2.24, 2.45) is 5.92 Å². The minimum Gasteiger partial charge on any atom is -0.457 e.